The van der Waals surface area contributed by atoms with E-state index in [4.69, 9.17) is 9.26 Å². The molecule has 2 rings (SSSR count). The lowest BCUT2D eigenvalue weighted by Gasteiger charge is -2.11. The van der Waals surface area contributed by atoms with Crippen LogP contribution in [-0.2, 0) is 26.2 Å². The Labute approximate surface area is 128 Å². The number of hydrogen-bond acceptors (Lipinski definition) is 6. The molecule has 1 saturated heterocycles. The van der Waals surface area contributed by atoms with Crippen LogP contribution in [0.4, 0.5) is 0 Å². The van der Waals surface area contributed by atoms with Gasteiger partial charge in [0.25, 0.3) is 5.91 Å². The van der Waals surface area contributed by atoms with Crippen molar-refractivity contribution in [2.45, 2.75) is 58.0 Å². The molecule has 0 aromatic carbocycles. The molecule has 122 valence electrons. The van der Waals surface area contributed by atoms with Crippen LogP contribution in [0.25, 0.3) is 0 Å². The minimum absolute atomic E-state index is 0.150. The summed E-state index contributed by atoms with van der Waals surface area (Å²) < 4.78 is 10.3. The molecule has 1 atom stereocenters. The number of carbonyl (C=O) groups is 2. The smallest absolute Gasteiger partial charge is 0.267 e. The van der Waals surface area contributed by atoms with Gasteiger partial charge in [0.15, 0.2) is 5.82 Å². The van der Waals surface area contributed by atoms with Gasteiger partial charge in [-0.3, -0.25) is 20.4 Å². The van der Waals surface area contributed by atoms with Crippen LogP contribution in [0.5, 0.6) is 0 Å². The van der Waals surface area contributed by atoms with Gasteiger partial charge in [-0.25, -0.2) is 0 Å². The molecule has 1 fully saturated rings. The molecule has 0 spiro atoms. The van der Waals surface area contributed by atoms with Crippen molar-refractivity contribution in [2.75, 3.05) is 6.61 Å². The molecule has 0 aliphatic carbocycles. The number of hydrazine groups is 1. The number of ether oxygens (including phenoxy) is 1. The third-order valence-corrected chi connectivity index (χ3v) is 3.25. The molecular formula is C14H22N4O4. The Morgan fingerprint density at radius 2 is 2.09 bits per heavy atom. The van der Waals surface area contributed by atoms with E-state index in [0.29, 0.717) is 31.2 Å². The summed E-state index contributed by atoms with van der Waals surface area (Å²) in [7, 11) is 0. The molecule has 1 aliphatic heterocycles. The van der Waals surface area contributed by atoms with Crippen LogP contribution < -0.4 is 10.9 Å². The largest absolute Gasteiger partial charge is 0.368 e. The fraction of sp³-hybridized carbons (Fsp3) is 0.714. The summed E-state index contributed by atoms with van der Waals surface area (Å²) in [5.41, 5.74) is 4.52. The second kappa shape index (κ2) is 6.87. The monoisotopic (exact) mass is 310 g/mol. The highest BCUT2D eigenvalue weighted by atomic mass is 16.5. The van der Waals surface area contributed by atoms with Gasteiger partial charge in [0, 0.05) is 24.9 Å². The van der Waals surface area contributed by atoms with E-state index in [2.05, 4.69) is 21.0 Å². The fourth-order valence-electron chi connectivity index (χ4n) is 1.94. The molecule has 0 radical (unpaired) electrons. The quantitative estimate of drug-likeness (QED) is 0.790. The van der Waals surface area contributed by atoms with Gasteiger partial charge in [-0.1, -0.05) is 25.9 Å². The first-order valence-electron chi connectivity index (χ1n) is 7.39. The van der Waals surface area contributed by atoms with Crippen LogP contribution in [0.1, 0.15) is 51.7 Å². The summed E-state index contributed by atoms with van der Waals surface area (Å²) in [5.74, 6) is 0.376. The Bertz CT molecular complexity index is 529. The van der Waals surface area contributed by atoms with Gasteiger partial charge in [0.1, 0.15) is 6.10 Å². The maximum absolute atomic E-state index is 11.7. The van der Waals surface area contributed by atoms with Gasteiger partial charge >= 0.3 is 0 Å². The Morgan fingerprint density at radius 1 is 1.32 bits per heavy atom. The second-order valence-electron chi connectivity index (χ2n) is 6.30. The summed E-state index contributed by atoms with van der Waals surface area (Å²) in [4.78, 5) is 27.6. The highest BCUT2D eigenvalue weighted by Crippen LogP contribution is 2.18. The minimum atomic E-state index is -0.467. The van der Waals surface area contributed by atoms with Gasteiger partial charge in [-0.15, -0.1) is 0 Å². The van der Waals surface area contributed by atoms with E-state index < -0.39 is 6.10 Å². The Morgan fingerprint density at radius 3 is 2.68 bits per heavy atom. The highest BCUT2D eigenvalue weighted by molar-refractivity contribution is 5.84. The molecule has 0 saturated carbocycles. The molecule has 8 heteroatoms. The molecule has 2 heterocycles. The van der Waals surface area contributed by atoms with Gasteiger partial charge in [0.2, 0.25) is 11.8 Å². The number of rotatable bonds is 4. The van der Waals surface area contributed by atoms with Crippen molar-refractivity contribution in [3.05, 3.63) is 11.7 Å². The molecular weight excluding hydrogens is 288 g/mol. The van der Waals surface area contributed by atoms with Gasteiger partial charge < -0.3 is 9.26 Å². The van der Waals surface area contributed by atoms with Gasteiger partial charge in [-0.2, -0.15) is 4.98 Å². The molecule has 1 aliphatic rings. The van der Waals surface area contributed by atoms with Crippen molar-refractivity contribution in [3.8, 4) is 0 Å². The lowest BCUT2D eigenvalue weighted by Crippen LogP contribution is -2.46. The van der Waals surface area contributed by atoms with E-state index in [1.165, 1.54) is 0 Å². The first-order chi connectivity index (χ1) is 10.4. The average Bonchev–Trinajstić information content (AvgIpc) is 3.12. The zero-order valence-electron chi connectivity index (χ0n) is 13.1. The maximum Gasteiger partial charge on any atom is 0.267 e. The standard InChI is InChI=1S/C14H22N4O4/c1-14(2,3)13-15-11(22-18-13)7-6-10(19)16-17-12(20)9-5-4-8-21-9/h9H,4-8H2,1-3H3,(H,16,19)(H,17,20). The average molecular weight is 310 g/mol. The van der Waals surface area contributed by atoms with Crippen molar-refractivity contribution in [1.82, 2.24) is 21.0 Å². The van der Waals surface area contributed by atoms with Crippen molar-refractivity contribution < 1.29 is 18.8 Å². The van der Waals surface area contributed by atoms with Crippen LogP contribution in [-0.4, -0.2) is 34.7 Å². The lowest BCUT2D eigenvalue weighted by molar-refractivity contribution is -0.134. The first kappa shape index (κ1) is 16.4. The van der Waals surface area contributed by atoms with Crippen molar-refractivity contribution in [3.63, 3.8) is 0 Å². The number of nitrogens with one attached hydrogen (secondary N) is 2. The van der Waals surface area contributed by atoms with E-state index in [-0.39, 0.29) is 23.7 Å². The fourth-order valence-corrected chi connectivity index (χ4v) is 1.94. The molecule has 1 aromatic rings. The second-order valence-corrected chi connectivity index (χ2v) is 6.30. The van der Waals surface area contributed by atoms with E-state index >= 15 is 0 Å². The van der Waals surface area contributed by atoms with E-state index in [9.17, 15) is 9.59 Å². The minimum Gasteiger partial charge on any atom is -0.368 e. The number of aryl methyl sites for hydroxylation is 1. The van der Waals surface area contributed by atoms with E-state index in [0.717, 1.165) is 6.42 Å². The summed E-state index contributed by atoms with van der Waals surface area (Å²) in [6, 6.07) is 0. The third-order valence-electron chi connectivity index (χ3n) is 3.25. The third kappa shape index (κ3) is 4.52. The van der Waals surface area contributed by atoms with Crippen LogP contribution in [0.3, 0.4) is 0 Å². The molecule has 1 unspecified atom stereocenters. The zero-order chi connectivity index (χ0) is 16.2. The number of carbonyl (C=O) groups excluding carboxylic acids is 2. The topological polar surface area (TPSA) is 106 Å². The lowest BCUT2D eigenvalue weighted by atomic mass is 9.96. The number of amides is 2. The molecule has 2 amide bonds. The summed E-state index contributed by atoms with van der Waals surface area (Å²) >= 11 is 0. The van der Waals surface area contributed by atoms with Crippen molar-refractivity contribution >= 4 is 11.8 Å². The summed E-state index contributed by atoms with van der Waals surface area (Å²) in [5, 5.41) is 3.89. The molecule has 22 heavy (non-hydrogen) atoms. The molecule has 0 bridgehead atoms. The van der Waals surface area contributed by atoms with Gasteiger partial charge in [0.05, 0.1) is 0 Å². The summed E-state index contributed by atoms with van der Waals surface area (Å²) in [6.07, 6.45) is 1.55. The normalized spacial score (nSPS) is 18.2. The van der Waals surface area contributed by atoms with E-state index in [1.807, 2.05) is 20.8 Å². The predicted octanol–water partition coefficient (Wildman–Crippen LogP) is 0.626. The van der Waals surface area contributed by atoms with Crippen LogP contribution >= 0.6 is 0 Å². The van der Waals surface area contributed by atoms with E-state index in [1.54, 1.807) is 0 Å². The molecule has 2 N–H and O–H groups in total. The number of aromatic nitrogens is 2. The molecule has 1 aromatic heterocycles. The SMILES string of the molecule is CC(C)(C)c1noc(CCC(=O)NNC(=O)C2CCCO2)n1. The Kier molecular flexibility index (Phi) is 5.12. The van der Waals surface area contributed by atoms with Crippen molar-refractivity contribution in [1.29, 1.82) is 0 Å². The summed E-state index contributed by atoms with van der Waals surface area (Å²) in [6.45, 7) is 6.53. The maximum atomic E-state index is 11.7. The van der Waals surface area contributed by atoms with Crippen LogP contribution in [0, 0.1) is 0 Å². The Balaban J connectivity index is 1.71. The predicted molar refractivity (Wildman–Crippen MR) is 76.6 cm³/mol. The molecule has 8 nitrogen and oxygen atoms in total. The van der Waals surface area contributed by atoms with Crippen LogP contribution in [0.15, 0.2) is 4.52 Å². The van der Waals surface area contributed by atoms with Crippen LogP contribution in [0.2, 0.25) is 0 Å². The number of nitrogens with zero attached hydrogens (tertiary/aromatic N) is 2. The zero-order valence-corrected chi connectivity index (χ0v) is 13.1. The highest BCUT2D eigenvalue weighted by Gasteiger charge is 2.24. The van der Waals surface area contributed by atoms with Gasteiger partial charge in [-0.05, 0) is 12.8 Å². The number of hydrogen-bond donors (Lipinski definition) is 2. The van der Waals surface area contributed by atoms with Crippen molar-refractivity contribution in [2.24, 2.45) is 0 Å². The first-order valence-corrected chi connectivity index (χ1v) is 7.39. The Hall–Kier alpha value is -1.96.